The summed E-state index contributed by atoms with van der Waals surface area (Å²) in [5.74, 6) is 0. The highest BCUT2D eigenvalue weighted by atomic mass is 15.1. The molecule has 63 heavy (non-hydrogen) atoms. The number of fused-ring (bicyclic) bond motifs is 7. The van der Waals surface area contributed by atoms with E-state index in [4.69, 9.17) is 0 Å². The Bertz CT molecular complexity index is 3660. The van der Waals surface area contributed by atoms with Gasteiger partial charge in [0.2, 0.25) is 0 Å². The Balaban J connectivity index is 1.11. The lowest BCUT2D eigenvalue weighted by atomic mass is 9.87. The van der Waals surface area contributed by atoms with Crippen LogP contribution in [0.5, 0.6) is 0 Å². The normalized spacial score (nSPS) is 11.5. The molecule has 0 aliphatic heterocycles. The van der Waals surface area contributed by atoms with E-state index in [-0.39, 0.29) is 0 Å². The highest BCUT2D eigenvalue weighted by Crippen LogP contribution is 2.48. The van der Waals surface area contributed by atoms with Gasteiger partial charge < -0.3 is 4.90 Å². The minimum atomic E-state index is 1.08. The molecule has 0 saturated carbocycles. The third-order valence-corrected chi connectivity index (χ3v) is 12.8. The van der Waals surface area contributed by atoms with Gasteiger partial charge in [-0.15, -0.1) is 0 Å². The predicted octanol–water partition coefficient (Wildman–Crippen LogP) is 17.6. The fraction of sp³-hybridized carbons (Fsp3) is 0. The zero-order valence-electron chi connectivity index (χ0n) is 34.6. The number of hydrogen-bond donors (Lipinski definition) is 0. The summed E-state index contributed by atoms with van der Waals surface area (Å²) in [5.41, 5.74) is 12.8. The minimum absolute atomic E-state index is 1.08. The molecule has 0 atom stereocenters. The van der Waals surface area contributed by atoms with Crippen LogP contribution in [0, 0.1) is 0 Å². The lowest BCUT2D eigenvalue weighted by molar-refractivity contribution is 1.28. The summed E-state index contributed by atoms with van der Waals surface area (Å²) in [6, 6.07) is 91.2. The molecule has 0 bridgehead atoms. The van der Waals surface area contributed by atoms with Crippen molar-refractivity contribution in [3.8, 4) is 44.5 Å². The molecule has 0 heterocycles. The van der Waals surface area contributed by atoms with Crippen molar-refractivity contribution >= 4 is 70.9 Å². The lowest BCUT2D eigenvalue weighted by Gasteiger charge is -2.30. The number of benzene rings is 12. The second kappa shape index (κ2) is 15.3. The summed E-state index contributed by atoms with van der Waals surface area (Å²) in [6.07, 6.45) is 0. The molecule has 0 amide bonds. The van der Waals surface area contributed by atoms with Crippen molar-refractivity contribution in [3.63, 3.8) is 0 Å². The highest BCUT2D eigenvalue weighted by Gasteiger charge is 2.23. The van der Waals surface area contributed by atoms with Gasteiger partial charge in [-0.3, -0.25) is 0 Å². The number of anilines is 3. The van der Waals surface area contributed by atoms with Crippen molar-refractivity contribution in [1.82, 2.24) is 0 Å². The first-order valence-corrected chi connectivity index (χ1v) is 21.7. The summed E-state index contributed by atoms with van der Waals surface area (Å²) in [5, 5.41) is 12.5. The van der Waals surface area contributed by atoms with Crippen LogP contribution >= 0.6 is 0 Å². The third-order valence-electron chi connectivity index (χ3n) is 12.8. The summed E-state index contributed by atoms with van der Waals surface area (Å²) in [7, 11) is 0. The van der Waals surface area contributed by atoms with Crippen molar-refractivity contribution in [2.75, 3.05) is 4.90 Å². The Kier molecular flexibility index (Phi) is 8.90. The molecule has 0 aromatic heterocycles. The van der Waals surface area contributed by atoms with E-state index in [0.717, 1.165) is 17.1 Å². The molecule has 1 heteroatoms. The standard InChI is InChI=1S/C62H41N/c1-2-15-42(16-3-1)44-31-35-50(36-32-44)63(51-37-33-45(34-38-51)59-40-47-19-6-8-21-52(47)54-23-10-12-25-56(54)59)61-28-14-27-58(62(61)49-30-29-43-17-4-5-18-46(43)39-49)60-41-48-20-7-9-22-53(48)55-24-11-13-26-57(55)60/h1-41H. The summed E-state index contributed by atoms with van der Waals surface area (Å²) >= 11 is 0. The zero-order valence-corrected chi connectivity index (χ0v) is 34.6. The first-order valence-electron chi connectivity index (χ1n) is 21.7. The lowest BCUT2D eigenvalue weighted by Crippen LogP contribution is -2.12. The van der Waals surface area contributed by atoms with Crippen LogP contribution in [0.2, 0.25) is 0 Å². The van der Waals surface area contributed by atoms with E-state index in [9.17, 15) is 0 Å². The maximum absolute atomic E-state index is 2.45. The summed E-state index contributed by atoms with van der Waals surface area (Å²) in [6.45, 7) is 0. The fourth-order valence-corrected chi connectivity index (χ4v) is 9.82. The van der Waals surface area contributed by atoms with E-state index < -0.39 is 0 Å². The molecule has 0 N–H and O–H groups in total. The summed E-state index contributed by atoms with van der Waals surface area (Å²) < 4.78 is 0. The molecule has 12 rings (SSSR count). The van der Waals surface area contributed by atoms with Crippen molar-refractivity contribution in [2.24, 2.45) is 0 Å². The van der Waals surface area contributed by atoms with Crippen LogP contribution in [-0.4, -0.2) is 0 Å². The third kappa shape index (κ3) is 6.42. The molecular formula is C62H41N. The molecule has 0 fully saturated rings. The Labute approximate surface area is 367 Å². The first kappa shape index (κ1) is 36.6. The van der Waals surface area contributed by atoms with Crippen LogP contribution < -0.4 is 4.90 Å². The van der Waals surface area contributed by atoms with E-state index in [2.05, 4.69) is 254 Å². The SMILES string of the molecule is c1ccc(-c2ccc(N(c3ccc(-c4cc5ccccc5c5ccccc45)cc3)c3cccc(-c4cc5ccccc5c5ccccc45)c3-c3ccc4ccccc4c3)cc2)cc1. The van der Waals surface area contributed by atoms with Crippen molar-refractivity contribution in [2.45, 2.75) is 0 Å². The van der Waals surface area contributed by atoms with E-state index in [1.165, 1.54) is 98.4 Å². The number of nitrogens with zero attached hydrogens (tertiary/aromatic N) is 1. The molecule has 0 unspecified atom stereocenters. The largest absolute Gasteiger partial charge is 0.310 e. The molecule has 12 aromatic carbocycles. The predicted molar refractivity (Wildman–Crippen MR) is 270 cm³/mol. The first-order chi connectivity index (χ1) is 31.2. The molecule has 1 nitrogen and oxygen atoms in total. The molecular weight excluding hydrogens is 759 g/mol. The molecule has 12 aromatic rings. The van der Waals surface area contributed by atoms with Crippen LogP contribution in [0.25, 0.3) is 98.4 Å². The molecule has 294 valence electrons. The van der Waals surface area contributed by atoms with Crippen LogP contribution in [0.4, 0.5) is 17.1 Å². The van der Waals surface area contributed by atoms with Gasteiger partial charge in [-0.25, -0.2) is 0 Å². The fourth-order valence-electron chi connectivity index (χ4n) is 9.82. The molecule has 0 aliphatic carbocycles. The molecule has 0 saturated heterocycles. The average Bonchev–Trinajstić information content (AvgIpc) is 3.36. The zero-order chi connectivity index (χ0) is 41.7. The molecule has 0 radical (unpaired) electrons. The van der Waals surface area contributed by atoms with Gasteiger partial charge in [0.1, 0.15) is 0 Å². The van der Waals surface area contributed by atoms with Gasteiger partial charge in [0, 0.05) is 16.9 Å². The van der Waals surface area contributed by atoms with Gasteiger partial charge in [-0.2, -0.15) is 0 Å². The number of rotatable bonds is 7. The second-order valence-electron chi connectivity index (χ2n) is 16.4. The van der Waals surface area contributed by atoms with Gasteiger partial charge in [0.15, 0.2) is 0 Å². The Morgan fingerprint density at radius 3 is 1.32 bits per heavy atom. The van der Waals surface area contributed by atoms with Crippen LogP contribution in [0.3, 0.4) is 0 Å². The van der Waals surface area contributed by atoms with Crippen LogP contribution in [-0.2, 0) is 0 Å². The van der Waals surface area contributed by atoms with Crippen molar-refractivity contribution in [3.05, 3.63) is 249 Å². The summed E-state index contributed by atoms with van der Waals surface area (Å²) in [4.78, 5) is 2.45. The van der Waals surface area contributed by atoms with Gasteiger partial charge in [-0.05, 0) is 141 Å². The second-order valence-corrected chi connectivity index (χ2v) is 16.4. The van der Waals surface area contributed by atoms with Gasteiger partial charge in [-0.1, -0.05) is 200 Å². The Hall–Kier alpha value is -8.26. The van der Waals surface area contributed by atoms with Gasteiger partial charge in [0.25, 0.3) is 0 Å². The van der Waals surface area contributed by atoms with E-state index in [0.29, 0.717) is 0 Å². The monoisotopic (exact) mass is 799 g/mol. The van der Waals surface area contributed by atoms with Gasteiger partial charge in [0.05, 0.1) is 5.69 Å². The molecule has 0 aliphatic rings. The van der Waals surface area contributed by atoms with E-state index in [1.54, 1.807) is 0 Å². The van der Waals surface area contributed by atoms with Crippen LogP contribution in [0.1, 0.15) is 0 Å². The van der Waals surface area contributed by atoms with E-state index >= 15 is 0 Å². The van der Waals surface area contributed by atoms with E-state index in [1.807, 2.05) is 0 Å². The van der Waals surface area contributed by atoms with Crippen molar-refractivity contribution in [1.29, 1.82) is 0 Å². The maximum Gasteiger partial charge on any atom is 0.0546 e. The maximum atomic E-state index is 2.45. The topological polar surface area (TPSA) is 3.24 Å². The quantitative estimate of drug-likeness (QED) is 0.145. The van der Waals surface area contributed by atoms with Crippen LogP contribution in [0.15, 0.2) is 249 Å². The van der Waals surface area contributed by atoms with Crippen molar-refractivity contribution < 1.29 is 0 Å². The Morgan fingerprint density at radius 2 is 0.683 bits per heavy atom. The van der Waals surface area contributed by atoms with Gasteiger partial charge >= 0.3 is 0 Å². The minimum Gasteiger partial charge on any atom is -0.310 e. The highest BCUT2D eigenvalue weighted by molar-refractivity contribution is 6.16. The Morgan fingerprint density at radius 1 is 0.222 bits per heavy atom. The number of hydrogen-bond acceptors (Lipinski definition) is 1. The smallest absolute Gasteiger partial charge is 0.0546 e. The molecule has 0 spiro atoms. The average molecular weight is 800 g/mol.